The van der Waals surface area contributed by atoms with Crippen molar-refractivity contribution in [1.29, 1.82) is 0 Å². The Morgan fingerprint density at radius 1 is 1.00 bits per heavy atom. The fourth-order valence-electron chi connectivity index (χ4n) is 2.53. The molecule has 0 spiro atoms. The predicted molar refractivity (Wildman–Crippen MR) is 115 cm³/mol. The molecule has 7 heteroatoms. The largest absolute Gasteiger partial charge is 0.496 e. The van der Waals surface area contributed by atoms with Gasteiger partial charge in [-0.15, -0.1) is 0 Å². The number of ether oxygens (including phenoxy) is 2. The fourth-order valence-corrected chi connectivity index (χ4v) is 2.53. The van der Waals surface area contributed by atoms with Gasteiger partial charge < -0.3 is 14.8 Å². The van der Waals surface area contributed by atoms with Crippen molar-refractivity contribution in [2.24, 2.45) is 5.92 Å². The molecule has 3 amide bonds. The number of nitrogens with one attached hydrogen (secondary N) is 2. The van der Waals surface area contributed by atoms with Crippen LogP contribution in [0.3, 0.4) is 0 Å². The molecule has 0 atom stereocenters. The number of para-hydroxylation sites is 1. The van der Waals surface area contributed by atoms with Crippen LogP contribution in [0.15, 0.2) is 54.6 Å². The van der Waals surface area contributed by atoms with Gasteiger partial charge in [0.1, 0.15) is 5.75 Å². The molecule has 0 saturated carbocycles. The molecule has 2 aromatic rings. The van der Waals surface area contributed by atoms with Gasteiger partial charge >= 0.3 is 12.0 Å². The van der Waals surface area contributed by atoms with E-state index in [2.05, 4.69) is 10.6 Å². The number of methoxy groups -OCH3 is 1. The molecule has 0 unspecified atom stereocenters. The lowest BCUT2D eigenvalue weighted by atomic mass is 10.0. The Balaban J connectivity index is 2.12. The van der Waals surface area contributed by atoms with Crippen molar-refractivity contribution in [2.45, 2.75) is 13.8 Å². The van der Waals surface area contributed by atoms with Gasteiger partial charge in [0.2, 0.25) is 0 Å². The van der Waals surface area contributed by atoms with Gasteiger partial charge in [0.25, 0.3) is 5.91 Å². The lowest BCUT2D eigenvalue weighted by Gasteiger charge is -2.11. The monoisotopic (exact) mass is 410 g/mol. The molecule has 2 aromatic carbocycles. The summed E-state index contributed by atoms with van der Waals surface area (Å²) in [5.74, 6) is -0.560. The van der Waals surface area contributed by atoms with Gasteiger partial charge in [-0.05, 0) is 23.6 Å². The highest BCUT2D eigenvalue weighted by Crippen LogP contribution is 2.25. The summed E-state index contributed by atoms with van der Waals surface area (Å²) in [5.41, 5.74) is 1.58. The number of carbonyl (C=O) groups is 3. The highest BCUT2D eigenvalue weighted by molar-refractivity contribution is 6.22. The van der Waals surface area contributed by atoms with E-state index in [9.17, 15) is 14.4 Å². The van der Waals surface area contributed by atoms with Crippen LogP contribution in [0.2, 0.25) is 0 Å². The minimum Gasteiger partial charge on any atom is -0.496 e. The van der Waals surface area contributed by atoms with E-state index >= 15 is 0 Å². The number of imide groups is 1. The summed E-state index contributed by atoms with van der Waals surface area (Å²) in [6.45, 7) is 3.72. The summed E-state index contributed by atoms with van der Waals surface area (Å²) in [4.78, 5) is 36.3. The number of amides is 3. The van der Waals surface area contributed by atoms with Crippen molar-refractivity contribution in [3.63, 3.8) is 0 Å². The normalized spacial score (nSPS) is 11.0. The van der Waals surface area contributed by atoms with Crippen LogP contribution in [0.25, 0.3) is 11.6 Å². The third kappa shape index (κ3) is 7.09. The molecule has 2 rings (SSSR count). The molecule has 0 heterocycles. The summed E-state index contributed by atoms with van der Waals surface area (Å²) < 4.78 is 10.5. The topological polar surface area (TPSA) is 93.7 Å². The van der Waals surface area contributed by atoms with Crippen LogP contribution in [0.5, 0.6) is 5.75 Å². The zero-order valence-electron chi connectivity index (χ0n) is 17.3. The average Bonchev–Trinajstić information content (AvgIpc) is 2.75. The Morgan fingerprint density at radius 2 is 1.67 bits per heavy atom. The highest BCUT2D eigenvalue weighted by Gasteiger charge is 2.17. The maximum atomic E-state index is 12.7. The van der Waals surface area contributed by atoms with Crippen LogP contribution >= 0.6 is 0 Å². The van der Waals surface area contributed by atoms with Crippen molar-refractivity contribution < 1.29 is 23.9 Å². The summed E-state index contributed by atoms with van der Waals surface area (Å²) in [7, 11) is 1.54. The molecule has 2 N–H and O–H groups in total. The lowest BCUT2D eigenvalue weighted by Crippen LogP contribution is -2.42. The van der Waals surface area contributed by atoms with Crippen molar-refractivity contribution >= 4 is 29.6 Å². The fraction of sp³-hybridized carbons (Fsp3) is 0.261. The van der Waals surface area contributed by atoms with Crippen LogP contribution in [-0.2, 0) is 14.3 Å². The van der Waals surface area contributed by atoms with Crippen LogP contribution < -0.4 is 15.4 Å². The van der Waals surface area contributed by atoms with Crippen LogP contribution in [-0.4, -0.2) is 38.2 Å². The summed E-state index contributed by atoms with van der Waals surface area (Å²) in [6.07, 6.45) is 1.64. The number of urea groups is 1. The van der Waals surface area contributed by atoms with E-state index in [0.717, 1.165) is 0 Å². The van der Waals surface area contributed by atoms with Gasteiger partial charge in [0.15, 0.2) is 6.61 Å². The third-order valence-corrected chi connectivity index (χ3v) is 4.00. The quantitative estimate of drug-likeness (QED) is 0.396. The van der Waals surface area contributed by atoms with Gasteiger partial charge in [-0.3, -0.25) is 10.1 Å². The number of carbonyl (C=O) groups excluding carboxylic acids is 3. The van der Waals surface area contributed by atoms with Crippen LogP contribution in [0.4, 0.5) is 4.79 Å². The first-order valence-electron chi connectivity index (χ1n) is 9.55. The number of hydrogen-bond acceptors (Lipinski definition) is 5. The van der Waals surface area contributed by atoms with E-state index in [1.165, 1.54) is 0 Å². The zero-order valence-corrected chi connectivity index (χ0v) is 17.3. The van der Waals surface area contributed by atoms with E-state index in [4.69, 9.17) is 9.47 Å². The van der Waals surface area contributed by atoms with Gasteiger partial charge in [0, 0.05) is 12.1 Å². The molecule has 0 aliphatic carbocycles. The molecule has 0 radical (unpaired) electrons. The highest BCUT2D eigenvalue weighted by atomic mass is 16.5. The molecule has 0 bridgehead atoms. The smallest absolute Gasteiger partial charge is 0.339 e. The Morgan fingerprint density at radius 3 is 2.33 bits per heavy atom. The van der Waals surface area contributed by atoms with Crippen LogP contribution in [0, 0.1) is 5.92 Å². The number of rotatable bonds is 8. The van der Waals surface area contributed by atoms with Crippen molar-refractivity contribution in [3.8, 4) is 5.75 Å². The maximum absolute atomic E-state index is 12.7. The SMILES string of the molecule is COc1ccccc1/C=C(/C(=O)OCC(=O)NC(=O)NCC(C)C)c1ccccc1. The van der Waals surface area contributed by atoms with Crippen molar-refractivity contribution in [3.05, 3.63) is 65.7 Å². The molecule has 30 heavy (non-hydrogen) atoms. The third-order valence-electron chi connectivity index (χ3n) is 4.00. The second kappa shape index (κ2) is 11.4. The summed E-state index contributed by atoms with van der Waals surface area (Å²) in [5, 5.41) is 4.69. The van der Waals surface area contributed by atoms with E-state index in [0.29, 0.717) is 23.4 Å². The Kier molecular flexibility index (Phi) is 8.62. The molecule has 0 fully saturated rings. The minimum absolute atomic E-state index is 0.247. The van der Waals surface area contributed by atoms with Crippen molar-refractivity contribution in [1.82, 2.24) is 10.6 Å². The second-order valence-electron chi connectivity index (χ2n) is 6.89. The summed E-state index contributed by atoms with van der Waals surface area (Å²) in [6, 6.07) is 15.6. The Bertz CT molecular complexity index is 907. The Labute approximate surface area is 176 Å². The first-order valence-corrected chi connectivity index (χ1v) is 9.55. The molecule has 158 valence electrons. The predicted octanol–water partition coefficient (Wildman–Crippen LogP) is 3.26. The molecular weight excluding hydrogens is 384 g/mol. The first-order chi connectivity index (χ1) is 14.4. The zero-order chi connectivity index (χ0) is 21.9. The molecule has 7 nitrogen and oxygen atoms in total. The first kappa shape index (κ1) is 22.7. The van der Waals surface area contributed by atoms with E-state index < -0.39 is 24.5 Å². The molecule has 0 saturated heterocycles. The molecule has 0 aliphatic rings. The standard InChI is InChI=1S/C23H26N2O5/c1-16(2)14-24-23(28)25-21(26)15-30-22(27)19(17-9-5-4-6-10-17)13-18-11-7-8-12-20(18)29-3/h4-13,16H,14-15H2,1-3H3,(H2,24,25,26,28)/b19-13+. The van der Waals surface area contributed by atoms with Crippen molar-refractivity contribution in [2.75, 3.05) is 20.3 Å². The van der Waals surface area contributed by atoms with Gasteiger partial charge in [-0.1, -0.05) is 62.4 Å². The average molecular weight is 410 g/mol. The van der Waals surface area contributed by atoms with E-state index in [1.54, 1.807) is 49.6 Å². The van der Waals surface area contributed by atoms with Gasteiger partial charge in [-0.2, -0.15) is 0 Å². The lowest BCUT2D eigenvalue weighted by molar-refractivity contribution is -0.142. The van der Waals surface area contributed by atoms with E-state index in [1.807, 2.05) is 32.0 Å². The number of benzene rings is 2. The molecule has 0 aliphatic heterocycles. The molecule has 0 aromatic heterocycles. The van der Waals surface area contributed by atoms with Gasteiger partial charge in [0.05, 0.1) is 12.7 Å². The summed E-state index contributed by atoms with van der Waals surface area (Å²) >= 11 is 0. The van der Waals surface area contributed by atoms with E-state index in [-0.39, 0.29) is 11.5 Å². The van der Waals surface area contributed by atoms with Crippen LogP contribution in [0.1, 0.15) is 25.0 Å². The maximum Gasteiger partial charge on any atom is 0.339 e. The van der Waals surface area contributed by atoms with Gasteiger partial charge in [-0.25, -0.2) is 9.59 Å². The second-order valence-corrected chi connectivity index (χ2v) is 6.89. The number of hydrogen-bond donors (Lipinski definition) is 2. The number of esters is 1. The Hall–Kier alpha value is -3.61. The molecular formula is C23H26N2O5. The minimum atomic E-state index is -0.714.